The molecule has 7 heteroatoms. The van der Waals surface area contributed by atoms with Crippen LogP contribution in [0.2, 0.25) is 0 Å². The van der Waals surface area contributed by atoms with Crippen molar-refractivity contribution in [1.82, 2.24) is 15.6 Å². The van der Waals surface area contributed by atoms with E-state index in [0.29, 0.717) is 23.6 Å². The van der Waals surface area contributed by atoms with Gasteiger partial charge in [0, 0.05) is 35.9 Å². The van der Waals surface area contributed by atoms with Crippen molar-refractivity contribution in [2.75, 3.05) is 5.32 Å². The van der Waals surface area contributed by atoms with Crippen LogP contribution in [0.4, 0.5) is 16.3 Å². The van der Waals surface area contributed by atoms with E-state index in [2.05, 4.69) is 33.1 Å². The van der Waals surface area contributed by atoms with Crippen molar-refractivity contribution in [3.63, 3.8) is 0 Å². The Morgan fingerprint density at radius 2 is 1.88 bits per heavy atom. The van der Waals surface area contributed by atoms with Gasteiger partial charge in [-0.1, -0.05) is 12.1 Å². The number of carbonyl (C=O) groups excluding carboxylic acids is 1. The summed E-state index contributed by atoms with van der Waals surface area (Å²) in [4.78, 5) is 16.5. The van der Waals surface area contributed by atoms with Crippen LogP contribution in [0, 0.1) is 11.3 Å². The molecular formula is C26H33N5O2. The molecule has 33 heavy (non-hydrogen) atoms. The highest BCUT2D eigenvalue weighted by Crippen LogP contribution is 2.41. The monoisotopic (exact) mass is 447 g/mol. The Bertz CT molecular complexity index is 1000. The Labute approximate surface area is 195 Å². The first kappa shape index (κ1) is 23.1. The summed E-state index contributed by atoms with van der Waals surface area (Å²) < 4.78 is 5.37. The van der Waals surface area contributed by atoms with Gasteiger partial charge in [-0.15, -0.1) is 0 Å². The Morgan fingerprint density at radius 1 is 1.12 bits per heavy atom. The number of nitrogens with one attached hydrogen (secondary N) is 3. The third-order valence-electron chi connectivity index (χ3n) is 6.17. The maximum Gasteiger partial charge on any atom is 0.407 e. The second kappa shape index (κ2) is 9.80. The number of carbonyl (C=O) groups is 1. The minimum Gasteiger partial charge on any atom is -0.444 e. The third kappa shape index (κ3) is 6.69. The average molecular weight is 448 g/mol. The molecule has 174 valence electrons. The van der Waals surface area contributed by atoms with Gasteiger partial charge in [0.1, 0.15) is 11.4 Å². The van der Waals surface area contributed by atoms with Crippen molar-refractivity contribution in [3.05, 3.63) is 53.7 Å². The van der Waals surface area contributed by atoms with Crippen LogP contribution in [0.5, 0.6) is 0 Å². The van der Waals surface area contributed by atoms with Gasteiger partial charge in [-0.25, -0.2) is 9.78 Å². The highest BCUT2D eigenvalue weighted by molar-refractivity contribution is 5.68. The van der Waals surface area contributed by atoms with Crippen LogP contribution in [0.1, 0.15) is 69.9 Å². The molecular weight excluding hydrogens is 414 g/mol. The number of nitrogens with zero attached hydrogens (tertiary/aromatic N) is 2. The zero-order chi connectivity index (χ0) is 23.4. The number of hydrogen-bond acceptors (Lipinski definition) is 6. The Hall–Kier alpha value is -3.11. The summed E-state index contributed by atoms with van der Waals surface area (Å²) in [7, 11) is 0. The SMILES string of the molecule is CC(C)(C)OC(=O)NC1CCC(N[C@@H]2C[C@H]2c2ccc(Nc3cccc(C#N)c3)nc2)CC1. The zero-order valence-corrected chi connectivity index (χ0v) is 19.6. The van der Waals surface area contributed by atoms with Gasteiger partial charge in [0.2, 0.25) is 0 Å². The molecule has 2 aromatic rings. The molecule has 1 aromatic heterocycles. The average Bonchev–Trinajstić information content (AvgIpc) is 3.53. The zero-order valence-electron chi connectivity index (χ0n) is 19.6. The van der Waals surface area contributed by atoms with Gasteiger partial charge < -0.3 is 20.7 Å². The normalized spacial score (nSPS) is 24.4. The molecule has 0 radical (unpaired) electrons. The second-order valence-corrected chi connectivity index (χ2v) is 10.1. The molecule has 2 fully saturated rings. The lowest BCUT2D eigenvalue weighted by Gasteiger charge is -2.30. The summed E-state index contributed by atoms with van der Waals surface area (Å²) in [6.45, 7) is 5.65. The van der Waals surface area contributed by atoms with Crippen molar-refractivity contribution in [2.45, 2.75) is 82.5 Å². The van der Waals surface area contributed by atoms with Crippen LogP contribution in [-0.2, 0) is 4.74 Å². The van der Waals surface area contributed by atoms with E-state index in [4.69, 9.17) is 10.00 Å². The minimum atomic E-state index is -0.463. The first-order valence-electron chi connectivity index (χ1n) is 11.8. The van der Waals surface area contributed by atoms with E-state index in [0.717, 1.165) is 43.6 Å². The molecule has 0 bridgehead atoms. The van der Waals surface area contributed by atoms with E-state index in [1.54, 1.807) is 6.07 Å². The summed E-state index contributed by atoms with van der Waals surface area (Å²) >= 11 is 0. The largest absolute Gasteiger partial charge is 0.444 e. The summed E-state index contributed by atoms with van der Waals surface area (Å²) in [5.41, 5.74) is 2.27. The van der Waals surface area contributed by atoms with Crippen LogP contribution >= 0.6 is 0 Å². The molecule has 7 nitrogen and oxygen atoms in total. The number of ether oxygens (including phenoxy) is 1. The smallest absolute Gasteiger partial charge is 0.407 e. The Kier molecular flexibility index (Phi) is 6.85. The lowest BCUT2D eigenvalue weighted by molar-refractivity contribution is 0.0489. The Balaban J connectivity index is 1.20. The molecule has 3 N–H and O–H groups in total. The van der Waals surface area contributed by atoms with E-state index >= 15 is 0 Å². The fourth-order valence-electron chi connectivity index (χ4n) is 4.44. The van der Waals surface area contributed by atoms with E-state index < -0.39 is 5.60 Å². The molecule has 1 heterocycles. The van der Waals surface area contributed by atoms with Crippen LogP contribution in [0.3, 0.4) is 0 Å². The third-order valence-corrected chi connectivity index (χ3v) is 6.17. The Morgan fingerprint density at radius 3 is 2.55 bits per heavy atom. The fraction of sp³-hybridized carbons (Fsp3) is 0.500. The molecule has 2 aliphatic carbocycles. The topological polar surface area (TPSA) is 99.1 Å². The van der Waals surface area contributed by atoms with Crippen molar-refractivity contribution in [2.24, 2.45) is 0 Å². The molecule has 2 atom stereocenters. The first-order valence-corrected chi connectivity index (χ1v) is 11.8. The first-order chi connectivity index (χ1) is 15.8. The maximum atomic E-state index is 12.0. The van der Waals surface area contributed by atoms with E-state index in [9.17, 15) is 4.79 Å². The van der Waals surface area contributed by atoms with E-state index in [1.807, 2.05) is 51.2 Å². The maximum absolute atomic E-state index is 12.0. The van der Waals surface area contributed by atoms with Crippen molar-refractivity contribution in [3.8, 4) is 6.07 Å². The molecule has 4 rings (SSSR count). The summed E-state index contributed by atoms with van der Waals surface area (Å²) in [6, 6.07) is 14.9. The van der Waals surface area contributed by atoms with Gasteiger partial charge >= 0.3 is 6.09 Å². The predicted octanol–water partition coefficient (Wildman–Crippen LogP) is 4.98. The molecule has 0 saturated heterocycles. The van der Waals surface area contributed by atoms with E-state index in [-0.39, 0.29) is 12.1 Å². The number of hydrogen-bond donors (Lipinski definition) is 3. The van der Waals surface area contributed by atoms with E-state index in [1.165, 1.54) is 5.56 Å². The molecule has 0 aliphatic heterocycles. The summed E-state index contributed by atoms with van der Waals surface area (Å²) in [5, 5.41) is 19.1. The highest BCUT2D eigenvalue weighted by atomic mass is 16.6. The lowest BCUT2D eigenvalue weighted by Crippen LogP contribution is -2.44. The van der Waals surface area contributed by atoms with Gasteiger partial charge in [0.25, 0.3) is 0 Å². The molecule has 0 unspecified atom stereocenters. The van der Waals surface area contributed by atoms with Crippen LogP contribution in [0.15, 0.2) is 42.6 Å². The highest BCUT2D eigenvalue weighted by Gasteiger charge is 2.40. The van der Waals surface area contributed by atoms with Gasteiger partial charge in [-0.3, -0.25) is 0 Å². The molecule has 1 aromatic carbocycles. The molecule has 2 saturated carbocycles. The van der Waals surface area contributed by atoms with Crippen molar-refractivity contribution >= 4 is 17.6 Å². The van der Waals surface area contributed by atoms with Crippen LogP contribution < -0.4 is 16.0 Å². The summed E-state index contributed by atoms with van der Waals surface area (Å²) in [6.07, 6.45) is 6.84. The van der Waals surface area contributed by atoms with Crippen LogP contribution in [0.25, 0.3) is 0 Å². The fourth-order valence-corrected chi connectivity index (χ4v) is 4.44. The van der Waals surface area contributed by atoms with Gasteiger partial charge in [-0.05, 0) is 82.7 Å². The number of anilines is 2. The number of rotatable bonds is 6. The number of amides is 1. The van der Waals surface area contributed by atoms with Crippen molar-refractivity contribution in [1.29, 1.82) is 5.26 Å². The number of nitriles is 1. The van der Waals surface area contributed by atoms with Crippen molar-refractivity contribution < 1.29 is 9.53 Å². The summed E-state index contributed by atoms with van der Waals surface area (Å²) in [5.74, 6) is 1.28. The molecule has 0 spiro atoms. The standard InChI is InChI=1S/C26H33N5O2/c1-26(2,3)33-25(32)31-20-10-8-19(9-11-20)29-23-14-22(23)18-7-12-24(28-16-18)30-21-6-4-5-17(13-21)15-27/h4-7,12-13,16,19-20,22-23,29H,8-11,14H2,1-3H3,(H,28,30)(H,31,32)/t19?,20?,22-,23+/m0/s1. The number of pyridine rings is 1. The van der Waals surface area contributed by atoms with Gasteiger partial charge in [0.05, 0.1) is 11.6 Å². The lowest BCUT2D eigenvalue weighted by atomic mass is 9.91. The molecule has 1 amide bonds. The predicted molar refractivity (Wildman–Crippen MR) is 128 cm³/mol. The second-order valence-electron chi connectivity index (χ2n) is 10.1. The number of aromatic nitrogens is 1. The number of alkyl carbamates (subject to hydrolysis) is 1. The molecule has 2 aliphatic rings. The van der Waals surface area contributed by atoms with Gasteiger partial charge in [-0.2, -0.15) is 5.26 Å². The minimum absolute atomic E-state index is 0.200. The van der Waals surface area contributed by atoms with Crippen LogP contribution in [-0.4, -0.2) is 34.8 Å². The quantitative estimate of drug-likeness (QED) is 0.578. The van der Waals surface area contributed by atoms with Gasteiger partial charge in [0.15, 0.2) is 0 Å². The number of benzene rings is 1.